The molecule has 0 unspecified atom stereocenters. The molecule has 0 spiro atoms. The van der Waals surface area contributed by atoms with Crippen LogP contribution in [0.3, 0.4) is 0 Å². The second-order valence-electron chi connectivity index (χ2n) is 7.90. The average Bonchev–Trinajstić information content (AvgIpc) is 3.50. The standard InChI is InChI=1S/C22H22FN5O/c23-18-7-5-14(6-8-18)19-12-26-27-20(19)16-2-1-9-28(13-16)22(29)17-10-24-21(25-11-17)15-3-4-15/h5-8,10-12,15-16H,1-4,9,13H2,(H,26,27)/t16-/m1/s1. The summed E-state index contributed by atoms with van der Waals surface area (Å²) in [6.45, 7) is 1.33. The number of nitrogens with zero attached hydrogens (tertiary/aromatic N) is 4. The SMILES string of the molecule is O=C(c1cnc(C2CC2)nc1)N1CCC[C@@H](c2[nH]ncc2-c2ccc(F)cc2)C1. The lowest BCUT2D eigenvalue weighted by Crippen LogP contribution is -2.39. The van der Waals surface area contributed by atoms with Crippen molar-refractivity contribution in [1.82, 2.24) is 25.1 Å². The normalized spacial score (nSPS) is 19.3. The summed E-state index contributed by atoms with van der Waals surface area (Å²) in [6, 6.07) is 6.42. The molecule has 1 saturated heterocycles. The molecule has 1 saturated carbocycles. The van der Waals surface area contributed by atoms with E-state index in [0.717, 1.165) is 54.9 Å². The highest BCUT2D eigenvalue weighted by Crippen LogP contribution is 2.38. The van der Waals surface area contributed by atoms with E-state index in [4.69, 9.17) is 0 Å². The predicted octanol–water partition coefficient (Wildman–Crippen LogP) is 3.90. The maximum atomic E-state index is 13.3. The fraction of sp³-hybridized carbons (Fsp3) is 0.364. The minimum atomic E-state index is -0.261. The Morgan fingerprint density at radius 1 is 1.03 bits per heavy atom. The van der Waals surface area contributed by atoms with Crippen LogP contribution in [0.1, 0.15) is 59.4 Å². The zero-order valence-corrected chi connectivity index (χ0v) is 16.0. The summed E-state index contributed by atoms with van der Waals surface area (Å²) >= 11 is 0. The molecule has 3 aromatic rings. The number of carbonyl (C=O) groups excluding carboxylic acids is 1. The van der Waals surface area contributed by atoms with E-state index in [2.05, 4.69) is 20.2 Å². The van der Waals surface area contributed by atoms with Crippen LogP contribution >= 0.6 is 0 Å². The van der Waals surface area contributed by atoms with Gasteiger partial charge in [0.15, 0.2) is 0 Å². The van der Waals surface area contributed by atoms with E-state index in [1.54, 1.807) is 30.7 Å². The molecule has 7 heteroatoms. The monoisotopic (exact) mass is 391 g/mol. The fourth-order valence-corrected chi connectivity index (χ4v) is 4.05. The number of H-pyrrole nitrogens is 1. The van der Waals surface area contributed by atoms with Gasteiger partial charge in [0, 0.05) is 48.6 Å². The highest BCUT2D eigenvalue weighted by molar-refractivity contribution is 5.93. The third-order valence-corrected chi connectivity index (χ3v) is 5.80. The largest absolute Gasteiger partial charge is 0.338 e. The van der Waals surface area contributed by atoms with Crippen molar-refractivity contribution >= 4 is 5.91 Å². The predicted molar refractivity (Wildman–Crippen MR) is 106 cm³/mol. The number of carbonyl (C=O) groups is 1. The summed E-state index contributed by atoms with van der Waals surface area (Å²) in [7, 11) is 0. The Balaban J connectivity index is 1.34. The number of aromatic amines is 1. The van der Waals surface area contributed by atoms with Gasteiger partial charge in [-0.3, -0.25) is 9.89 Å². The second-order valence-corrected chi connectivity index (χ2v) is 7.90. The summed E-state index contributed by atoms with van der Waals surface area (Å²) < 4.78 is 13.3. The molecule has 0 radical (unpaired) electrons. The van der Waals surface area contributed by atoms with Gasteiger partial charge < -0.3 is 4.90 Å². The molecule has 1 amide bonds. The number of hydrogen-bond donors (Lipinski definition) is 1. The first-order valence-electron chi connectivity index (χ1n) is 10.1. The number of halogens is 1. The number of aromatic nitrogens is 4. The lowest BCUT2D eigenvalue weighted by atomic mass is 9.90. The summed E-state index contributed by atoms with van der Waals surface area (Å²) in [5.74, 6) is 1.19. The molecule has 148 valence electrons. The van der Waals surface area contributed by atoms with Crippen LogP contribution in [0.4, 0.5) is 4.39 Å². The molecule has 2 aromatic heterocycles. The van der Waals surface area contributed by atoms with Crippen LogP contribution in [0.25, 0.3) is 11.1 Å². The second kappa shape index (κ2) is 7.39. The Labute approximate surface area is 168 Å². The molecule has 3 heterocycles. The number of amides is 1. The molecule has 1 aliphatic carbocycles. The van der Waals surface area contributed by atoms with Gasteiger partial charge >= 0.3 is 0 Å². The molecule has 0 bridgehead atoms. The Morgan fingerprint density at radius 2 is 1.79 bits per heavy atom. The van der Waals surface area contributed by atoms with Gasteiger partial charge in [-0.25, -0.2) is 14.4 Å². The summed E-state index contributed by atoms with van der Waals surface area (Å²) in [6.07, 6.45) is 9.26. The number of piperidine rings is 1. The summed E-state index contributed by atoms with van der Waals surface area (Å²) in [5, 5.41) is 7.32. The van der Waals surface area contributed by atoms with Crippen molar-refractivity contribution in [2.75, 3.05) is 13.1 Å². The third kappa shape index (κ3) is 3.64. The summed E-state index contributed by atoms with van der Waals surface area (Å²) in [5.41, 5.74) is 3.41. The first-order chi connectivity index (χ1) is 14.2. The van der Waals surface area contributed by atoms with Crippen molar-refractivity contribution in [1.29, 1.82) is 0 Å². The number of benzene rings is 1. The van der Waals surface area contributed by atoms with Gasteiger partial charge in [-0.15, -0.1) is 0 Å². The third-order valence-electron chi connectivity index (χ3n) is 5.80. The summed E-state index contributed by atoms with van der Waals surface area (Å²) in [4.78, 5) is 23.6. The molecule has 1 aromatic carbocycles. The molecule has 5 rings (SSSR count). The van der Waals surface area contributed by atoms with E-state index < -0.39 is 0 Å². The van der Waals surface area contributed by atoms with E-state index in [1.807, 2.05) is 4.90 Å². The van der Waals surface area contributed by atoms with E-state index >= 15 is 0 Å². The van der Waals surface area contributed by atoms with E-state index in [0.29, 0.717) is 18.0 Å². The Bertz CT molecular complexity index is 1010. The Morgan fingerprint density at radius 3 is 2.52 bits per heavy atom. The molecule has 1 aliphatic heterocycles. The maximum Gasteiger partial charge on any atom is 0.257 e. The van der Waals surface area contributed by atoms with Crippen LogP contribution in [-0.2, 0) is 0 Å². The first kappa shape index (κ1) is 18.0. The van der Waals surface area contributed by atoms with Crippen LogP contribution in [0.2, 0.25) is 0 Å². The zero-order chi connectivity index (χ0) is 19.8. The minimum absolute atomic E-state index is 0.0279. The van der Waals surface area contributed by atoms with Crippen LogP contribution in [0.15, 0.2) is 42.9 Å². The van der Waals surface area contributed by atoms with Gasteiger partial charge in [-0.2, -0.15) is 5.10 Å². The molecule has 29 heavy (non-hydrogen) atoms. The van der Waals surface area contributed by atoms with Gasteiger partial charge in [-0.05, 0) is 43.4 Å². The number of likely N-dealkylation sites (tertiary alicyclic amines) is 1. The number of rotatable bonds is 4. The topological polar surface area (TPSA) is 74.8 Å². The molecular formula is C22H22FN5O. The van der Waals surface area contributed by atoms with Crippen molar-refractivity contribution in [2.45, 2.75) is 37.5 Å². The molecule has 2 aliphatic rings. The van der Waals surface area contributed by atoms with Crippen molar-refractivity contribution in [3.05, 3.63) is 65.8 Å². The van der Waals surface area contributed by atoms with E-state index in [-0.39, 0.29) is 17.6 Å². The van der Waals surface area contributed by atoms with Crippen LogP contribution < -0.4 is 0 Å². The highest BCUT2D eigenvalue weighted by Gasteiger charge is 2.30. The quantitative estimate of drug-likeness (QED) is 0.732. The van der Waals surface area contributed by atoms with Crippen molar-refractivity contribution in [3.63, 3.8) is 0 Å². The molecular weight excluding hydrogens is 369 g/mol. The van der Waals surface area contributed by atoms with Gasteiger partial charge in [0.2, 0.25) is 0 Å². The maximum absolute atomic E-state index is 13.3. The van der Waals surface area contributed by atoms with Crippen molar-refractivity contribution in [2.24, 2.45) is 0 Å². The lowest BCUT2D eigenvalue weighted by molar-refractivity contribution is 0.0705. The van der Waals surface area contributed by atoms with Crippen LogP contribution in [0, 0.1) is 5.82 Å². The number of nitrogens with one attached hydrogen (secondary N) is 1. The van der Waals surface area contributed by atoms with Crippen LogP contribution in [-0.4, -0.2) is 44.1 Å². The Kier molecular flexibility index (Phi) is 4.58. The molecule has 2 fully saturated rings. The van der Waals surface area contributed by atoms with E-state index in [9.17, 15) is 9.18 Å². The molecule has 6 nitrogen and oxygen atoms in total. The van der Waals surface area contributed by atoms with Crippen molar-refractivity contribution in [3.8, 4) is 11.1 Å². The van der Waals surface area contributed by atoms with Gasteiger partial charge in [0.1, 0.15) is 11.6 Å². The van der Waals surface area contributed by atoms with Crippen LogP contribution in [0.5, 0.6) is 0 Å². The average molecular weight is 391 g/mol. The fourth-order valence-electron chi connectivity index (χ4n) is 4.05. The Hall–Kier alpha value is -3.09. The zero-order valence-electron chi connectivity index (χ0n) is 16.0. The minimum Gasteiger partial charge on any atom is -0.338 e. The molecule has 1 atom stereocenters. The van der Waals surface area contributed by atoms with E-state index in [1.165, 1.54) is 12.1 Å². The van der Waals surface area contributed by atoms with Crippen molar-refractivity contribution < 1.29 is 9.18 Å². The van der Waals surface area contributed by atoms with Gasteiger partial charge in [-0.1, -0.05) is 12.1 Å². The first-order valence-corrected chi connectivity index (χ1v) is 10.1. The molecule has 1 N–H and O–H groups in total. The highest BCUT2D eigenvalue weighted by atomic mass is 19.1. The van der Waals surface area contributed by atoms with Gasteiger partial charge in [0.05, 0.1) is 11.8 Å². The smallest absolute Gasteiger partial charge is 0.257 e. The lowest BCUT2D eigenvalue weighted by Gasteiger charge is -2.32. The van der Waals surface area contributed by atoms with Gasteiger partial charge in [0.25, 0.3) is 5.91 Å². The number of hydrogen-bond acceptors (Lipinski definition) is 4.